The molecule has 4 nitrogen and oxygen atoms in total. The largest absolute Gasteiger partial charge is 0.331 e. The molecule has 2 N–H and O–H groups in total. The average Bonchev–Trinajstić information content (AvgIpc) is 3.77. The van der Waals surface area contributed by atoms with Gasteiger partial charge in [-0.25, -0.2) is 4.98 Å². The van der Waals surface area contributed by atoms with Crippen LogP contribution in [0.2, 0.25) is 20.1 Å². The Kier molecular flexibility index (Phi) is 8.46. The van der Waals surface area contributed by atoms with Gasteiger partial charge in [0.15, 0.2) is 5.66 Å². The van der Waals surface area contributed by atoms with E-state index in [0.717, 1.165) is 22.3 Å². The highest BCUT2D eigenvalue weighted by Crippen LogP contribution is 2.65. The molecule has 8 rings (SSSR count). The summed E-state index contributed by atoms with van der Waals surface area (Å²) in [4.78, 5) is 10.9. The first-order chi connectivity index (χ1) is 24.4. The van der Waals surface area contributed by atoms with E-state index in [0.29, 0.717) is 37.2 Å². The van der Waals surface area contributed by atoms with Crippen LogP contribution in [-0.2, 0) is 16.7 Å². The zero-order valence-corrected chi connectivity index (χ0v) is 29.6. The monoisotopic (exact) mass is 730 g/mol. The topological polar surface area (TPSA) is 44.0 Å². The molecule has 8 heteroatoms. The van der Waals surface area contributed by atoms with E-state index in [1.165, 1.54) is 0 Å². The fourth-order valence-corrected chi connectivity index (χ4v) is 9.03. The Morgan fingerprint density at radius 3 is 1.30 bits per heavy atom. The molecule has 0 bridgehead atoms. The van der Waals surface area contributed by atoms with E-state index in [4.69, 9.17) is 51.4 Å². The van der Waals surface area contributed by atoms with E-state index in [9.17, 15) is 0 Å². The highest BCUT2D eigenvalue weighted by atomic mass is 35.5. The van der Waals surface area contributed by atoms with Crippen molar-refractivity contribution in [2.75, 3.05) is 4.90 Å². The SMILES string of the molecule is Clc1ccc(C2(c3ccc(Cl)cc3Cl)NC(c3ccccc3)(c3ccccc3)C(c3ccccc3)(c3ccccc3)N2c2ncc[nH]2)c(Cl)c1. The first-order valence-corrected chi connectivity index (χ1v) is 17.7. The standard InChI is InChI=1S/C42H30Cl4N4/c43-33-21-23-35(37(45)27-33)42(36-24-22-34(44)28-38(36)46)49-40(29-13-5-1-6-14-29,30-15-7-2-8-16-30)41(31-17-9-3-10-18-31,32-19-11-4-12-20-32)50(42)39-47-25-26-48-39/h1-28,49H,(H,47,48). The number of nitrogens with zero attached hydrogens (tertiary/aromatic N) is 2. The van der Waals surface area contributed by atoms with Crippen molar-refractivity contribution in [3.8, 4) is 0 Å². The van der Waals surface area contributed by atoms with Crippen LogP contribution in [0.4, 0.5) is 5.95 Å². The van der Waals surface area contributed by atoms with Crippen molar-refractivity contribution in [3.05, 3.63) is 224 Å². The van der Waals surface area contributed by atoms with E-state index >= 15 is 0 Å². The van der Waals surface area contributed by atoms with Crippen LogP contribution in [0.3, 0.4) is 0 Å². The molecule has 0 aliphatic carbocycles. The average molecular weight is 733 g/mol. The predicted molar refractivity (Wildman–Crippen MR) is 205 cm³/mol. The zero-order chi connectivity index (χ0) is 34.3. The Balaban J connectivity index is 1.70. The molecule has 50 heavy (non-hydrogen) atoms. The maximum absolute atomic E-state index is 7.38. The number of hydrogen-bond donors (Lipinski definition) is 2. The van der Waals surface area contributed by atoms with Gasteiger partial charge in [-0.3, -0.25) is 10.2 Å². The molecule has 0 amide bonds. The van der Waals surface area contributed by atoms with Gasteiger partial charge in [-0.1, -0.05) is 180 Å². The molecule has 1 aliphatic heterocycles. The number of anilines is 1. The molecule has 1 aromatic heterocycles. The van der Waals surface area contributed by atoms with Gasteiger partial charge < -0.3 is 4.98 Å². The van der Waals surface area contributed by atoms with E-state index < -0.39 is 16.7 Å². The second-order valence-corrected chi connectivity index (χ2v) is 13.9. The van der Waals surface area contributed by atoms with Crippen LogP contribution in [0.15, 0.2) is 170 Å². The van der Waals surface area contributed by atoms with E-state index in [1.54, 1.807) is 18.3 Å². The second-order valence-electron chi connectivity index (χ2n) is 12.3. The molecule has 1 saturated heterocycles. The second kappa shape index (κ2) is 13.0. The first kappa shape index (κ1) is 32.6. The molecule has 0 radical (unpaired) electrons. The van der Waals surface area contributed by atoms with E-state index in [2.05, 4.69) is 112 Å². The highest BCUT2D eigenvalue weighted by molar-refractivity contribution is 6.36. The third kappa shape index (κ3) is 4.82. The van der Waals surface area contributed by atoms with Crippen LogP contribution in [0.25, 0.3) is 0 Å². The van der Waals surface area contributed by atoms with E-state index in [-0.39, 0.29) is 0 Å². The van der Waals surface area contributed by atoms with Gasteiger partial charge in [0.25, 0.3) is 0 Å². The number of aromatic amines is 1. The number of halogens is 4. The predicted octanol–water partition coefficient (Wildman–Crippen LogP) is 11.2. The summed E-state index contributed by atoms with van der Waals surface area (Å²) in [5.74, 6) is 0.580. The van der Waals surface area contributed by atoms with Crippen molar-refractivity contribution in [3.63, 3.8) is 0 Å². The van der Waals surface area contributed by atoms with Crippen molar-refractivity contribution in [2.24, 2.45) is 0 Å². The smallest absolute Gasteiger partial charge is 0.205 e. The molecule has 0 atom stereocenters. The number of benzene rings is 6. The van der Waals surface area contributed by atoms with Crippen molar-refractivity contribution in [1.82, 2.24) is 15.3 Å². The summed E-state index contributed by atoms with van der Waals surface area (Å²) in [5.41, 5.74) is 1.97. The van der Waals surface area contributed by atoms with Crippen LogP contribution in [0.5, 0.6) is 0 Å². The van der Waals surface area contributed by atoms with Crippen LogP contribution in [0, 0.1) is 0 Å². The van der Waals surface area contributed by atoms with Crippen LogP contribution < -0.4 is 10.2 Å². The number of nitrogens with one attached hydrogen (secondary N) is 2. The molecule has 0 spiro atoms. The summed E-state index contributed by atoms with van der Waals surface area (Å²) in [6, 6.07) is 53.3. The third-order valence-corrected chi connectivity index (χ3v) is 10.8. The Hall–Kier alpha value is -4.55. The minimum Gasteiger partial charge on any atom is -0.331 e. The van der Waals surface area contributed by atoms with Gasteiger partial charge in [-0.2, -0.15) is 0 Å². The molecule has 0 saturated carbocycles. The van der Waals surface area contributed by atoms with Crippen LogP contribution in [-0.4, -0.2) is 9.97 Å². The van der Waals surface area contributed by atoms with Crippen LogP contribution >= 0.6 is 46.4 Å². The number of hydrogen-bond acceptors (Lipinski definition) is 3. The minimum atomic E-state index is -1.32. The summed E-state index contributed by atoms with van der Waals surface area (Å²) >= 11 is 28.0. The highest BCUT2D eigenvalue weighted by Gasteiger charge is 2.73. The van der Waals surface area contributed by atoms with Crippen molar-refractivity contribution < 1.29 is 0 Å². The first-order valence-electron chi connectivity index (χ1n) is 16.1. The lowest BCUT2D eigenvalue weighted by Gasteiger charge is -2.51. The summed E-state index contributed by atoms with van der Waals surface area (Å²) < 4.78 is 0. The molecule has 2 heterocycles. The molecule has 246 valence electrons. The summed E-state index contributed by atoms with van der Waals surface area (Å²) in [6.45, 7) is 0. The molecule has 6 aromatic carbocycles. The number of rotatable bonds is 7. The van der Waals surface area contributed by atoms with Gasteiger partial charge in [-0.05, 0) is 46.5 Å². The maximum Gasteiger partial charge on any atom is 0.205 e. The minimum absolute atomic E-state index is 0.444. The zero-order valence-electron chi connectivity index (χ0n) is 26.6. The molecule has 0 unspecified atom stereocenters. The van der Waals surface area contributed by atoms with E-state index in [1.807, 2.05) is 54.7 Å². The molecule has 7 aromatic rings. The fraction of sp³-hybridized carbons (Fsp3) is 0.0714. The Bertz CT molecular complexity index is 2120. The molecular formula is C42H30Cl4N4. The fourth-order valence-electron chi connectivity index (χ4n) is 7.94. The van der Waals surface area contributed by atoms with Gasteiger partial charge in [0.1, 0.15) is 11.1 Å². The quantitative estimate of drug-likeness (QED) is 0.172. The van der Waals surface area contributed by atoms with Crippen molar-refractivity contribution in [1.29, 1.82) is 0 Å². The van der Waals surface area contributed by atoms with Gasteiger partial charge in [-0.15, -0.1) is 0 Å². The lowest BCUT2D eigenvalue weighted by Crippen LogP contribution is -2.58. The van der Waals surface area contributed by atoms with Gasteiger partial charge in [0.2, 0.25) is 5.95 Å². The number of H-pyrrole nitrogens is 1. The maximum atomic E-state index is 7.38. The third-order valence-electron chi connectivity index (χ3n) is 9.72. The van der Waals surface area contributed by atoms with Gasteiger partial charge in [0, 0.05) is 43.6 Å². The lowest BCUT2D eigenvalue weighted by molar-refractivity contribution is 0.320. The summed E-state index contributed by atoms with van der Waals surface area (Å²) in [5, 5.41) is 6.24. The molecular weight excluding hydrogens is 702 g/mol. The molecule has 1 aliphatic rings. The van der Waals surface area contributed by atoms with Crippen molar-refractivity contribution >= 4 is 52.4 Å². The van der Waals surface area contributed by atoms with Gasteiger partial charge >= 0.3 is 0 Å². The number of aromatic nitrogens is 2. The lowest BCUT2D eigenvalue weighted by atomic mass is 9.62. The molecule has 1 fully saturated rings. The number of imidazole rings is 1. The Morgan fingerprint density at radius 2 is 0.920 bits per heavy atom. The Labute approximate surface area is 311 Å². The Morgan fingerprint density at radius 1 is 0.500 bits per heavy atom. The summed E-state index contributed by atoms with van der Waals surface area (Å²) in [7, 11) is 0. The van der Waals surface area contributed by atoms with Crippen molar-refractivity contribution in [2.45, 2.75) is 16.7 Å². The normalized spacial score (nSPS) is 16.0. The van der Waals surface area contributed by atoms with Crippen LogP contribution in [0.1, 0.15) is 33.4 Å². The summed E-state index contributed by atoms with van der Waals surface area (Å²) in [6.07, 6.45) is 3.59. The van der Waals surface area contributed by atoms with Gasteiger partial charge in [0.05, 0.1) is 0 Å².